The molecule has 56 heavy (non-hydrogen) atoms. The summed E-state index contributed by atoms with van der Waals surface area (Å²) in [6.07, 6.45) is 0. The van der Waals surface area contributed by atoms with Crippen molar-refractivity contribution in [3.63, 3.8) is 0 Å². The maximum absolute atomic E-state index is 5.23. The van der Waals surface area contributed by atoms with Crippen LogP contribution in [0, 0.1) is 0 Å². The van der Waals surface area contributed by atoms with E-state index in [9.17, 15) is 0 Å². The molecule has 3 heterocycles. The molecule has 0 radical (unpaired) electrons. The normalized spacial score (nSPS) is 11.9. The lowest BCUT2D eigenvalue weighted by Gasteiger charge is -2.12. The van der Waals surface area contributed by atoms with Gasteiger partial charge >= 0.3 is 0 Å². The molecule has 4 heteroatoms. The van der Waals surface area contributed by atoms with Crippen LogP contribution in [0.1, 0.15) is 0 Å². The Balaban J connectivity index is 1.19. The quantitative estimate of drug-likeness (QED) is 0.170. The smallest absolute Gasteiger partial charge is 0.160 e. The fourth-order valence-electron chi connectivity index (χ4n) is 9.15. The molecule has 3 aromatic heterocycles. The number of aromatic nitrogens is 4. The number of nitrogens with zero attached hydrogens (tertiary/aromatic N) is 4. The summed E-state index contributed by atoms with van der Waals surface area (Å²) < 4.78 is 4.90. The minimum Gasteiger partial charge on any atom is -0.309 e. The van der Waals surface area contributed by atoms with Gasteiger partial charge in [0.25, 0.3) is 0 Å². The molecule has 0 bridgehead atoms. The minimum atomic E-state index is 0.705. The van der Waals surface area contributed by atoms with Gasteiger partial charge in [0.15, 0.2) is 5.82 Å². The number of hydrogen-bond donors (Lipinski definition) is 0. The first-order valence-corrected chi connectivity index (χ1v) is 19.1. The maximum atomic E-state index is 5.23. The highest BCUT2D eigenvalue weighted by Crippen LogP contribution is 2.47. The van der Waals surface area contributed by atoms with E-state index in [0.29, 0.717) is 5.82 Å². The molecule has 0 aliphatic carbocycles. The number of rotatable bonds is 4. The first-order valence-electron chi connectivity index (χ1n) is 19.1. The zero-order valence-corrected chi connectivity index (χ0v) is 30.3. The summed E-state index contributed by atoms with van der Waals surface area (Å²) in [4.78, 5) is 10.3. The molecule has 0 aliphatic heterocycles. The summed E-state index contributed by atoms with van der Waals surface area (Å²) in [7, 11) is 0. The molecule has 0 N–H and O–H groups in total. The second-order valence-corrected chi connectivity index (χ2v) is 14.5. The van der Waals surface area contributed by atoms with Gasteiger partial charge in [0.2, 0.25) is 0 Å². The number of para-hydroxylation sites is 3. The van der Waals surface area contributed by atoms with Crippen molar-refractivity contribution in [3.8, 4) is 34.0 Å². The maximum Gasteiger partial charge on any atom is 0.160 e. The van der Waals surface area contributed by atoms with Crippen LogP contribution in [-0.4, -0.2) is 19.1 Å². The van der Waals surface area contributed by atoms with Crippen molar-refractivity contribution in [3.05, 3.63) is 194 Å². The van der Waals surface area contributed by atoms with Crippen LogP contribution in [0.5, 0.6) is 0 Å². The van der Waals surface area contributed by atoms with Crippen molar-refractivity contribution in [2.75, 3.05) is 0 Å². The van der Waals surface area contributed by atoms with Gasteiger partial charge in [-0.2, -0.15) is 0 Å². The van der Waals surface area contributed by atoms with Crippen molar-refractivity contribution in [1.29, 1.82) is 0 Å². The molecule has 0 saturated carbocycles. The van der Waals surface area contributed by atoms with E-state index in [2.05, 4.69) is 191 Å². The average molecular weight is 713 g/mol. The SMILES string of the molecule is c1ccc(-c2nc(-c3cccc(-n4c5ccccc5c5c6c7c8ccccc8c8ccccc8c7n(-c7ccccc7)c6ccc54)c3)nc3ccccc23)cc1. The highest BCUT2D eigenvalue weighted by molar-refractivity contribution is 6.38. The second-order valence-electron chi connectivity index (χ2n) is 14.5. The third-order valence-electron chi connectivity index (χ3n) is 11.5. The Morgan fingerprint density at radius 3 is 1.68 bits per heavy atom. The predicted molar refractivity (Wildman–Crippen MR) is 234 cm³/mol. The van der Waals surface area contributed by atoms with E-state index in [0.717, 1.165) is 50.1 Å². The van der Waals surface area contributed by atoms with Gasteiger partial charge in [-0.1, -0.05) is 146 Å². The summed E-state index contributed by atoms with van der Waals surface area (Å²) in [5.74, 6) is 0.705. The van der Waals surface area contributed by atoms with Crippen LogP contribution in [-0.2, 0) is 0 Å². The molecule has 0 fully saturated rings. The van der Waals surface area contributed by atoms with E-state index in [-0.39, 0.29) is 0 Å². The summed E-state index contributed by atoms with van der Waals surface area (Å²) in [6, 6.07) is 69.5. The highest BCUT2D eigenvalue weighted by atomic mass is 15.0. The fourth-order valence-corrected chi connectivity index (χ4v) is 9.15. The molecule has 0 aliphatic rings. The number of benzene rings is 9. The molecule has 0 amide bonds. The molecule has 0 atom stereocenters. The van der Waals surface area contributed by atoms with Crippen LogP contribution >= 0.6 is 0 Å². The Morgan fingerprint density at radius 1 is 0.321 bits per heavy atom. The molecular weight excluding hydrogens is 681 g/mol. The van der Waals surface area contributed by atoms with Gasteiger partial charge in [-0.3, -0.25) is 0 Å². The van der Waals surface area contributed by atoms with E-state index in [1.165, 1.54) is 54.1 Å². The molecule has 4 nitrogen and oxygen atoms in total. The molecule has 260 valence electrons. The van der Waals surface area contributed by atoms with Crippen LogP contribution in [0.3, 0.4) is 0 Å². The van der Waals surface area contributed by atoms with Crippen molar-refractivity contribution in [2.24, 2.45) is 0 Å². The van der Waals surface area contributed by atoms with Crippen molar-refractivity contribution >= 4 is 76.1 Å². The first kappa shape index (κ1) is 30.9. The highest BCUT2D eigenvalue weighted by Gasteiger charge is 2.24. The molecule has 9 aromatic carbocycles. The van der Waals surface area contributed by atoms with Crippen LogP contribution in [0.4, 0.5) is 0 Å². The van der Waals surface area contributed by atoms with Gasteiger partial charge in [0, 0.05) is 54.8 Å². The fraction of sp³-hybridized carbons (Fsp3) is 0. The Bertz CT molecular complexity index is 3520. The monoisotopic (exact) mass is 712 g/mol. The van der Waals surface area contributed by atoms with Gasteiger partial charge in [0.1, 0.15) is 0 Å². The van der Waals surface area contributed by atoms with Crippen molar-refractivity contribution < 1.29 is 0 Å². The van der Waals surface area contributed by atoms with Crippen molar-refractivity contribution in [2.45, 2.75) is 0 Å². The van der Waals surface area contributed by atoms with Gasteiger partial charge < -0.3 is 9.13 Å². The molecule has 0 spiro atoms. The Kier molecular flexibility index (Phi) is 6.60. The first-order chi connectivity index (χ1) is 27.8. The Morgan fingerprint density at radius 2 is 0.893 bits per heavy atom. The van der Waals surface area contributed by atoms with E-state index in [4.69, 9.17) is 9.97 Å². The van der Waals surface area contributed by atoms with Gasteiger partial charge in [-0.05, 0) is 64.7 Å². The molecule has 0 unspecified atom stereocenters. The molecule has 12 aromatic rings. The van der Waals surface area contributed by atoms with Crippen LogP contribution in [0.25, 0.3) is 110 Å². The summed E-state index contributed by atoms with van der Waals surface area (Å²) >= 11 is 0. The van der Waals surface area contributed by atoms with Gasteiger partial charge in [0.05, 0.1) is 33.3 Å². The molecular formula is C52H32N4. The lowest BCUT2D eigenvalue weighted by Crippen LogP contribution is -1.98. The van der Waals surface area contributed by atoms with Crippen LogP contribution in [0.15, 0.2) is 194 Å². The van der Waals surface area contributed by atoms with E-state index in [1.807, 2.05) is 12.1 Å². The van der Waals surface area contributed by atoms with Crippen LogP contribution in [0.2, 0.25) is 0 Å². The lowest BCUT2D eigenvalue weighted by atomic mass is 9.95. The van der Waals surface area contributed by atoms with E-state index in [1.54, 1.807) is 0 Å². The standard InChI is InChI=1S/C52H32N4/c1-3-16-33(17-4-1)50-41-26-11-13-28-43(41)53-52(54-50)34-18-15-21-36(32-34)55-44-29-14-12-27-42(44)47-45(55)30-31-46-49(47)48-39-24-9-7-22-37(39)38-23-8-10-25-40(38)51(48)56(46)35-19-5-2-6-20-35/h1-32H. The lowest BCUT2D eigenvalue weighted by molar-refractivity contribution is 1.17. The summed E-state index contributed by atoms with van der Waals surface area (Å²) in [5.41, 5.74) is 10.8. The third kappa shape index (κ3) is 4.41. The minimum absolute atomic E-state index is 0.705. The third-order valence-corrected chi connectivity index (χ3v) is 11.5. The van der Waals surface area contributed by atoms with E-state index < -0.39 is 0 Å². The summed E-state index contributed by atoms with van der Waals surface area (Å²) in [6.45, 7) is 0. The van der Waals surface area contributed by atoms with Crippen molar-refractivity contribution in [1.82, 2.24) is 19.1 Å². The predicted octanol–water partition coefficient (Wildman–Crippen LogP) is 13.5. The van der Waals surface area contributed by atoms with Gasteiger partial charge in [-0.15, -0.1) is 0 Å². The Labute approximate surface area is 322 Å². The van der Waals surface area contributed by atoms with Crippen LogP contribution < -0.4 is 0 Å². The van der Waals surface area contributed by atoms with E-state index >= 15 is 0 Å². The summed E-state index contributed by atoms with van der Waals surface area (Å²) in [5, 5.41) is 11.1. The average Bonchev–Trinajstić information content (AvgIpc) is 3.80. The molecule has 0 saturated heterocycles. The topological polar surface area (TPSA) is 35.6 Å². The Hall–Kier alpha value is -7.56. The second kappa shape index (κ2) is 12.0. The number of hydrogen-bond acceptors (Lipinski definition) is 2. The largest absolute Gasteiger partial charge is 0.309 e. The van der Waals surface area contributed by atoms with Gasteiger partial charge in [-0.25, -0.2) is 9.97 Å². The molecule has 12 rings (SSSR count). The zero-order valence-electron chi connectivity index (χ0n) is 30.3. The number of fused-ring (bicyclic) bond motifs is 13. The zero-order chi connectivity index (χ0) is 36.7.